The number of dihydropyridines is 1. The number of halogens is 1. The first-order valence-electron chi connectivity index (χ1n) is 11.2. The van der Waals surface area contributed by atoms with Gasteiger partial charge in [-0.2, -0.15) is 11.3 Å². The smallest absolute Gasteiger partial charge is 0.336 e. The summed E-state index contributed by atoms with van der Waals surface area (Å²) in [6.07, 6.45) is 0.921. The summed E-state index contributed by atoms with van der Waals surface area (Å²) < 4.78 is 10.7. The lowest BCUT2D eigenvalue weighted by Crippen LogP contribution is -2.33. The van der Waals surface area contributed by atoms with Gasteiger partial charge in [0.15, 0.2) is 0 Å². The van der Waals surface area contributed by atoms with Crippen molar-refractivity contribution in [3.63, 3.8) is 0 Å². The van der Waals surface area contributed by atoms with E-state index in [0.717, 1.165) is 5.56 Å². The fourth-order valence-electron chi connectivity index (χ4n) is 4.07. The maximum atomic E-state index is 13.3. The number of hydrogen-bond donors (Lipinski definition) is 1. The molecule has 0 saturated carbocycles. The summed E-state index contributed by atoms with van der Waals surface area (Å²) in [4.78, 5) is 37.2. The van der Waals surface area contributed by atoms with E-state index >= 15 is 0 Å². The molecule has 1 N–H and O–H groups in total. The van der Waals surface area contributed by atoms with Crippen LogP contribution in [0.1, 0.15) is 56.0 Å². The molecular formula is C25H27ClN2O6S. The van der Waals surface area contributed by atoms with E-state index in [1.54, 1.807) is 38.2 Å². The Bertz CT molecular complexity index is 1160. The van der Waals surface area contributed by atoms with Gasteiger partial charge >= 0.3 is 11.9 Å². The van der Waals surface area contributed by atoms with Crippen molar-refractivity contribution >= 4 is 40.6 Å². The maximum absolute atomic E-state index is 13.3. The number of carbonyl (C=O) groups excluding carboxylic acids is 2. The third-order valence-electron chi connectivity index (χ3n) is 5.60. The van der Waals surface area contributed by atoms with Crippen molar-refractivity contribution in [1.29, 1.82) is 0 Å². The molecular weight excluding hydrogens is 492 g/mol. The first-order valence-corrected chi connectivity index (χ1v) is 12.6. The lowest BCUT2D eigenvalue weighted by molar-refractivity contribution is -0.384. The van der Waals surface area contributed by atoms with E-state index in [-0.39, 0.29) is 35.4 Å². The van der Waals surface area contributed by atoms with Gasteiger partial charge in [0, 0.05) is 23.5 Å². The maximum Gasteiger partial charge on any atom is 0.336 e. The molecule has 35 heavy (non-hydrogen) atoms. The fourth-order valence-corrected chi connectivity index (χ4v) is 5.10. The first-order chi connectivity index (χ1) is 16.8. The normalized spacial score (nSPS) is 16.5. The zero-order valence-corrected chi connectivity index (χ0v) is 21.3. The predicted molar refractivity (Wildman–Crippen MR) is 134 cm³/mol. The van der Waals surface area contributed by atoms with E-state index < -0.39 is 22.8 Å². The number of hydrogen-bond acceptors (Lipinski definition) is 8. The highest BCUT2D eigenvalue weighted by Crippen LogP contribution is 2.42. The van der Waals surface area contributed by atoms with Gasteiger partial charge < -0.3 is 14.8 Å². The summed E-state index contributed by atoms with van der Waals surface area (Å²) in [6.45, 7) is 5.36. The number of esters is 2. The molecule has 2 aromatic rings. The second-order valence-electron chi connectivity index (χ2n) is 7.84. The largest absolute Gasteiger partial charge is 0.463 e. The molecule has 1 aliphatic rings. The van der Waals surface area contributed by atoms with Gasteiger partial charge in [0.1, 0.15) is 0 Å². The monoisotopic (exact) mass is 518 g/mol. The van der Waals surface area contributed by atoms with E-state index in [9.17, 15) is 19.7 Å². The van der Waals surface area contributed by atoms with E-state index in [1.165, 1.54) is 18.2 Å². The van der Waals surface area contributed by atoms with Crippen molar-refractivity contribution in [1.82, 2.24) is 5.32 Å². The number of alkyl halides is 1. The molecule has 0 spiro atoms. The zero-order valence-electron chi connectivity index (χ0n) is 19.7. The summed E-state index contributed by atoms with van der Waals surface area (Å²) in [7, 11) is 0. The van der Waals surface area contributed by atoms with Crippen LogP contribution in [0.2, 0.25) is 0 Å². The minimum Gasteiger partial charge on any atom is -0.463 e. The van der Waals surface area contributed by atoms with Crippen LogP contribution < -0.4 is 5.32 Å². The molecule has 2 unspecified atom stereocenters. The number of nitrogens with zero attached hydrogens (tertiary/aromatic N) is 1. The molecule has 186 valence electrons. The van der Waals surface area contributed by atoms with Crippen LogP contribution in [0.15, 0.2) is 63.6 Å². The summed E-state index contributed by atoms with van der Waals surface area (Å²) in [5.74, 6) is -2.12. The summed E-state index contributed by atoms with van der Waals surface area (Å²) in [5.41, 5.74) is 2.75. The molecule has 0 bridgehead atoms. The fraction of sp³-hybridized carbons (Fsp3) is 0.360. The van der Waals surface area contributed by atoms with Gasteiger partial charge in [0.05, 0.1) is 40.6 Å². The molecule has 0 amide bonds. The number of nitrogens with one attached hydrogen (secondary N) is 1. The number of nitro groups is 1. The Balaban J connectivity index is 2.13. The van der Waals surface area contributed by atoms with Crippen molar-refractivity contribution < 1.29 is 24.0 Å². The predicted octanol–water partition coefficient (Wildman–Crippen LogP) is 5.76. The molecule has 0 radical (unpaired) electrons. The van der Waals surface area contributed by atoms with Crippen molar-refractivity contribution in [2.45, 2.75) is 44.9 Å². The second kappa shape index (κ2) is 12.0. The summed E-state index contributed by atoms with van der Waals surface area (Å²) >= 11 is 8.15. The molecule has 1 aliphatic heterocycles. The van der Waals surface area contributed by atoms with Crippen molar-refractivity contribution in [3.8, 4) is 0 Å². The molecule has 3 rings (SSSR count). The third kappa shape index (κ3) is 6.10. The van der Waals surface area contributed by atoms with Gasteiger partial charge in [-0.3, -0.25) is 10.1 Å². The average molecular weight is 519 g/mol. The molecule has 8 nitrogen and oxygen atoms in total. The van der Waals surface area contributed by atoms with Gasteiger partial charge in [0.2, 0.25) is 0 Å². The first kappa shape index (κ1) is 26.4. The average Bonchev–Trinajstić information content (AvgIpc) is 3.37. The van der Waals surface area contributed by atoms with Crippen molar-refractivity contribution in [2.75, 3.05) is 13.2 Å². The van der Waals surface area contributed by atoms with Crippen molar-refractivity contribution in [3.05, 3.63) is 84.9 Å². The van der Waals surface area contributed by atoms with Gasteiger partial charge in [-0.15, -0.1) is 11.6 Å². The number of allylic oxidation sites excluding steroid dienone is 2. The summed E-state index contributed by atoms with van der Waals surface area (Å²) in [5, 5.41) is 18.3. The second-order valence-corrected chi connectivity index (χ2v) is 9.15. The standard InChI is InChI=1S/C25H27ClN2O6S/c1-4-33-24(29)21-15(3)27-20(10-9-19(26)17-11-12-35-14-17)23(25(30)34-5-2)22(21)16-7-6-8-18(13-16)28(31)32/h6-8,11-14,19,22,27H,4-5,9-10H2,1-3H3. The molecule has 0 aliphatic carbocycles. The highest BCUT2D eigenvalue weighted by molar-refractivity contribution is 7.08. The van der Waals surface area contributed by atoms with E-state index in [2.05, 4.69) is 5.32 Å². The SMILES string of the molecule is CCOC(=O)C1=C(C)NC(CCC(Cl)c2ccsc2)=C(C(=O)OCC)C1c1cccc([N+](=O)[O-])c1. The minimum atomic E-state index is -0.904. The van der Waals surface area contributed by atoms with E-state index in [0.29, 0.717) is 29.8 Å². The van der Waals surface area contributed by atoms with Crippen LogP contribution in [0, 0.1) is 10.1 Å². The Labute approximate surface area is 212 Å². The molecule has 0 saturated heterocycles. The number of nitro benzene ring substituents is 1. The highest BCUT2D eigenvalue weighted by atomic mass is 35.5. The summed E-state index contributed by atoms with van der Waals surface area (Å²) in [6, 6.07) is 7.87. The van der Waals surface area contributed by atoms with Crippen LogP contribution in [0.25, 0.3) is 0 Å². The number of thiophene rings is 1. The number of carbonyl (C=O) groups is 2. The Morgan fingerprint density at radius 3 is 2.46 bits per heavy atom. The molecule has 1 aromatic carbocycles. The Hall–Kier alpha value is -3.17. The highest BCUT2D eigenvalue weighted by Gasteiger charge is 2.39. The number of ether oxygens (including phenoxy) is 2. The molecule has 2 heterocycles. The number of benzene rings is 1. The van der Waals surface area contributed by atoms with Crippen LogP contribution in [0.3, 0.4) is 0 Å². The molecule has 10 heteroatoms. The van der Waals surface area contributed by atoms with Gasteiger partial charge in [-0.05, 0) is 61.6 Å². The molecule has 0 fully saturated rings. The van der Waals surface area contributed by atoms with Crippen LogP contribution in [0.5, 0.6) is 0 Å². The van der Waals surface area contributed by atoms with Gasteiger partial charge in [-0.25, -0.2) is 9.59 Å². The quantitative estimate of drug-likeness (QED) is 0.184. The van der Waals surface area contributed by atoms with Crippen LogP contribution in [-0.4, -0.2) is 30.1 Å². The van der Waals surface area contributed by atoms with Gasteiger partial charge in [-0.1, -0.05) is 12.1 Å². The lowest BCUT2D eigenvalue weighted by atomic mass is 9.79. The Kier molecular flexibility index (Phi) is 9.06. The zero-order chi connectivity index (χ0) is 25.5. The minimum absolute atomic E-state index is 0.127. The number of rotatable bonds is 10. The molecule has 2 atom stereocenters. The van der Waals surface area contributed by atoms with Gasteiger partial charge in [0.25, 0.3) is 5.69 Å². The van der Waals surface area contributed by atoms with Crippen molar-refractivity contribution in [2.24, 2.45) is 0 Å². The molecule has 1 aromatic heterocycles. The number of non-ortho nitro benzene ring substituents is 1. The topological polar surface area (TPSA) is 108 Å². The Morgan fingerprint density at radius 1 is 1.17 bits per heavy atom. The van der Waals surface area contributed by atoms with E-state index in [1.807, 2.05) is 16.8 Å². The lowest BCUT2D eigenvalue weighted by Gasteiger charge is -2.31. The van der Waals surface area contributed by atoms with Crippen LogP contribution in [0.4, 0.5) is 5.69 Å². The van der Waals surface area contributed by atoms with Crippen LogP contribution >= 0.6 is 22.9 Å². The van der Waals surface area contributed by atoms with E-state index in [4.69, 9.17) is 21.1 Å². The Morgan fingerprint density at radius 2 is 1.86 bits per heavy atom. The van der Waals surface area contributed by atoms with Crippen LogP contribution in [-0.2, 0) is 19.1 Å². The third-order valence-corrected chi connectivity index (χ3v) is 6.77.